The van der Waals surface area contributed by atoms with E-state index in [0.717, 1.165) is 41.4 Å². The zero-order valence-corrected chi connectivity index (χ0v) is 15.8. The first-order chi connectivity index (χ1) is 13.9. The molecule has 4 heteroatoms. The number of benzene rings is 3. The maximum absolute atomic E-state index is 4.68. The van der Waals surface area contributed by atoms with Crippen molar-refractivity contribution < 1.29 is 0 Å². The Hall–Kier alpha value is -3.27. The van der Waals surface area contributed by atoms with Crippen LogP contribution in [-0.4, -0.2) is 21.0 Å². The minimum atomic E-state index is 0.937. The van der Waals surface area contributed by atoms with Crippen molar-refractivity contribution in [1.82, 2.24) is 14.8 Å². The smallest absolute Gasteiger partial charge is 0.163 e. The van der Waals surface area contributed by atoms with E-state index in [9.17, 15) is 0 Å². The highest BCUT2D eigenvalue weighted by molar-refractivity contribution is 6.00. The van der Waals surface area contributed by atoms with Gasteiger partial charge >= 0.3 is 0 Å². The summed E-state index contributed by atoms with van der Waals surface area (Å²) in [6.07, 6.45) is 6.65. The Morgan fingerprint density at radius 3 is 2.61 bits per heavy atom. The van der Waals surface area contributed by atoms with Crippen molar-refractivity contribution in [1.29, 1.82) is 0 Å². The molecule has 0 atom stereocenters. The Bertz CT molecular complexity index is 1130. The topological polar surface area (TPSA) is 43.1 Å². The average molecular weight is 366 g/mol. The van der Waals surface area contributed by atoms with Gasteiger partial charge in [-0.05, 0) is 47.9 Å². The maximum atomic E-state index is 4.68. The Morgan fingerprint density at radius 2 is 1.68 bits per heavy atom. The predicted molar refractivity (Wildman–Crippen MR) is 114 cm³/mol. The highest BCUT2D eigenvalue weighted by Gasteiger charge is 2.15. The summed E-state index contributed by atoms with van der Waals surface area (Å²) >= 11 is 0. The third kappa shape index (κ3) is 3.22. The highest BCUT2D eigenvalue weighted by Crippen LogP contribution is 2.25. The molecule has 0 saturated heterocycles. The molecule has 0 amide bonds. The number of hydrogen-bond acceptors (Lipinski definition) is 3. The number of rotatable bonds is 3. The first-order valence-corrected chi connectivity index (χ1v) is 9.93. The summed E-state index contributed by atoms with van der Waals surface area (Å²) in [7, 11) is 0. The molecule has 138 valence electrons. The molecular weight excluding hydrogens is 344 g/mol. The predicted octanol–water partition coefficient (Wildman–Crippen LogP) is 5.58. The quantitative estimate of drug-likeness (QED) is 0.445. The van der Waals surface area contributed by atoms with Gasteiger partial charge in [0.25, 0.3) is 0 Å². The highest BCUT2D eigenvalue weighted by atomic mass is 15.3. The van der Waals surface area contributed by atoms with E-state index in [1.54, 1.807) is 0 Å². The van der Waals surface area contributed by atoms with Gasteiger partial charge in [0, 0.05) is 30.3 Å². The van der Waals surface area contributed by atoms with Crippen LogP contribution < -0.4 is 0 Å². The van der Waals surface area contributed by atoms with Crippen molar-refractivity contribution in [3.63, 3.8) is 0 Å². The van der Waals surface area contributed by atoms with Crippen LogP contribution in [0.15, 0.2) is 71.7 Å². The Morgan fingerprint density at radius 1 is 0.821 bits per heavy atom. The van der Waals surface area contributed by atoms with Crippen molar-refractivity contribution in [3.8, 4) is 11.4 Å². The number of hydrogen-bond donors (Lipinski definition) is 0. The minimum absolute atomic E-state index is 0.937. The van der Waals surface area contributed by atoms with E-state index in [0.29, 0.717) is 0 Å². The molecule has 1 aliphatic heterocycles. The molecular formula is C24H22N4. The van der Waals surface area contributed by atoms with Gasteiger partial charge in [-0.25, -0.2) is 0 Å². The molecule has 4 aromatic rings. The van der Waals surface area contributed by atoms with Crippen molar-refractivity contribution in [3.05, 3.63) is 78.1 Å². The van der Waals surface area contributed by atoms with Crippen molar-refractivity contribution in [2.45, 2.75) is 32.2 Å². The summed E-state index contributed by atoms with van der Waals surface area (Å²) in [4.78, 5) is 4.68. The van der Waals surface area contributed by atoms with Crippen LogP contribution in [0.5, 0.6) is 0 Å². The number of fused-ring (bicyclic) bond motifs is 2. The zero-order valence-electron chi connectivity index (χ0n) is 15.8. The molecule has 3 aromatic carbocycles. The zero-order chi connectivity index (χ0) is 18.8. The molecule has 0 N–H and O–H groups in total. The van der Waals surface area contributed by atoms with Crippen molar-refractivity contribution in [2.24, 2.45) is 4.99 Å². The first kappa shape index (κ1) is 16.9. The van der Waals surface area contributed by atoms with Crippen LogP contribution in [0, 0.1) is 0 Å². The Balaban J connectivity index is 1.41. The maximum Gasteiger partial charge on any atom is 0.163 e. The second-order valence-corrected chi connectivity index (χ2v) is 7.28. The second kappa shape index (κ2) is 7.39. The molecule has 2 heterocycles. The van der Waals surface area contributed by atoms with Gasteiger partial charge in [-0.15, -0.1) is 10.2 Å². The molecule has 28 heavy (non-hydrogen) atoms. The van der Waals surface area contributed by atoms with Gasteiger partial charge in [0.2, 0.25) is 0 Å². The summed E-state index contributed by atoms with van der Waals surface area (Å²) < 4.78 is 2.28. The first-order valence-electron chi connectivity index (χ1n) is 9.93. The number of aromatic nitrogens is 3. The van der Waals surface area contributed by atoms with Crippen LogP contribution in [-0.2, 0) is 13.0 Å². The second-order valence-electron chi connectivity index (χ2n) is 7.28. The molecule has 0 radical (unpaired) electrons. The molecule has 5 rings (SSSR count). The average Bonchev–Trinajstić information content (AvgIpc) is 3.00. The summed E-state index contributed by atoms with van der Waals surface area (Å²) in [5, 5.41) is 11.3. The molecule has 1 aromatic heterocycles. The molecule has 0 fully saturated rings. The van der Waals surface area contributed by atoms with E-state index in [4.69, 9.17) is 0 Å². The summed E-state index contributed by atoms with van der Waals surface area (Å²) in [5.74, 6) is 2.09. The monoisotopic (exact) mass is 366 g/mol. The fraction of sp³-hybridized carbons (Fsp3) is 0.208. The summed E-state index contributed by atoms with van der Waals surface area (Å²) in [5.41, 5.74) is 3.17. The Kier molecular flexibility index (Phi) is 4.45. The van der Waals surface area contributed by atoms with Gasteiger partial charge in [0.1, 0.15) is 5.82 Å². The van der Waals surface area contributed by atoms with Crippen LogP contribution in [0.25, 0.3) is 22.2 Å². The number of aryl methyl sites for hydroxylation is 1. The van der Waals surface area contributed by atoms with Gasteiger partial charge < -0.3 is 4.57 Å². The fourth-order valence-corrected chi connectivity index (χ4v) is 3.90. The van der Waals surface area contributed by atoms with Crippen LogP contribution >= 0.6 is 0 Å². The molecule has 1 aliphatic rings. The van der Waals surface area contributed by atoms with Crippen LogP contribution in [0.3, 0.4) is 0 Å². The van der Waals surface area contributed by atoms with Crippen molar-refractivity contribution >= 4 is 22.7 Å². The van der Waals surface area contributed by atoms with Gasteiger partial charge in [-0.1, -0.05) is 48.9 Å². The lowest BCUT2D eigenvalue weighted by atomic mass is 10.1. The van der Waals surface area contributed by atoms with Gasteiger partial charge in [-0.3, -0.25) is 4.99 Å². The van der Waals surface area contributed by atoms with Gasteiger partial charge in [0.05, 0.1) is 5.69 Å². The van der Waals surface area contributed by atoms with E-state index in [1.165, 1.54) is 30.0 Å². The van der Waals surface area contributed by atoms with Crippen LogP contribution in [0.2, 0.25) is 0 Å². The Labute approximate surface area is 164 Å². The summed E-state index contributed by atoms with van der Waals surface area (Å²) in [6, 6.07) is 23.0. The minimum Gasteiger partial charge on any atom is -0.311 e. The molecule has 0 saturated carbocycles. The fourth-order valence-electron chi connectivity index (χ4n) is 3.90. The standard InChI is InChI=1S/C24H22N4/c1-2-11-23-26-27-24(28(23)16-5-1)19-12-14-21(15-13-19)25-17-20-9-6-8-18-7-3-4-10-22(18)20/h3-4,6-10,12-15,17H,1-2,5,11,16H2. The van der Waals surface area contributed by atoms with Crippen molar-refractivity contribution in [2.75, 3.05) is 0 Å². The molecule has 0 bridgehead atoms. The third-order valence-electron chi connectivity index (χ3n) is 5.41. The summed E-state index contributed by atoms with van der Waals surface area (Å²) in [6.45, 7) is 1.01. The molecule has 4 nitrogen and oxygen atoms in total. The van der Waals surface area contributed by atoms with Gasteiger partial charge in [-0.2, -0.15) is 0 Å². The van der Waals surface area contributed by atoms with E-state index in [1.807, 2.05) is 6.21 Å². The van der Waals surface area contributed by atoms with E-state index in [2.05, 4.69) is 86.5 Å². The van der Waals surface area contributed by atoms with Crippen LogP contribution in [0.4, 0.5) is 5.69 Å². The van der Waals surface area contributed by atoms with Crippen LogP contribution in [0.1, 0.15) is 30.7 Å². The number of nitrogens with zero attached hydrogens (tertiary/aromatic N) is 4. The normalized spacial score (nSPS) is 14.3. The number of aliphatic imine (C=N–C) groups is 1. The van der Waals surface area contributed by atoms with Gasteiger partial charge in [0.15, 0.2) is 5.82 Å². The van der Waals surface area contributed by atoms with E-state index >= 15 is 0 Å². The van der Waals surface area contributed by atoms with E-state index < -0.39 is 0 Å². The van der Waals surface area contributed by atoms with E-state index in [-0.39, 0.29) is 0 Å². The molecule has 0 aliphatic carbocycles. The lowest BCUT2D eigenvalue weighted by Crippen LogP contribution is -2.02. The lowest BCUT2D eigenvalue weighted by molar-refractivity contribution is 0.636. The largest absolute Gasteiger partial charge is 0.311 e. The molecule has 0 unspecified atom stereocenters. The SMILES string of the molecule is C(=Nc1ccc(-c2nnc3n2CCCCC3)cc1)c1cccc2ccccc12. The third-order valence-corrected chi connectivity index (χ3v) is 5.41. The molecule has 0 spiro atoms. The lowest BCUT2D eigenvalue weighted by Gasteiger charge is -2.07.